The monoisotopic (exact) mass is 270 g/mol. The third-order valence-electron chi connectivity index (χ3n) is 2.75. The topological polar surface area (TPSA) is 18.5 Å². The Balaban J connectivity index is 2.46. The highest BCUT2D eigenvalue weighted by molar-refractivity contribution is 9.09. The fourth-order valence-corrected chi connectivity index (χ4v) is 2.55. The number of rotatable bonds is 2. The van der Waals surface area contributed by atoms with E-state index in [-0.39, 0.29) is 6.10 Å². The average Bonchev–Trinajstić information content (AvgIpc) is 2.50. The Morgan fingerprint density at radius 3 is 3.13 bits per heavy atom. The summed E-state index contributed by atoms with van der Waals surface area (Å²) in [5.41, 5.74) is 2.57. The molecule has 1 aromatic carbocycles. The Hall–Kier alpha value is -0.540. The van der Waals surface area contributed by atoms with Crippen LogP contribution in [0, 0.1) is 0 Å². The van der Waals surface area contributed by atoms with E-state index in [0.717, 1.165) is 30.5 Å². The molecule has 0 aliphatic carbocycles. The number of hydrogen-bond donors (Lipinski definition) is 0. The lowest BCUT2D eigenvalue weighted by Gasteiger charge is -2.18. The van der Waals surface area contributed by atoms with Crippen molar-refractivity contribution in [3.8, 4) is 5.75 Å². The van der Waals surface area contributed by atoms with Crippen LogP contribution in [0.15, 0.2) is 18.2 Å². The van der Waals surface area contributed by atoms with E-state index in [0.29, 0.717) is 0 Å². The lowest BCUT2D eigenvalue weighted by Crippen LogP contribution is -2.07. The summed E-state index contributed by atoms with van der Waals surface area (Å²) >= 11 is 3.50. The number of halogens is 1. The van der Waals surface area contributed by atoms with E-state index >= 15 is 0 Å². The van der Waals surface area contributed by atoms with E-state index in [1.807, 2.05) is 12.1 Å². The summed E-state index contributed by atoms with van der Waals surface area (Å²) in [6.45, 7) is 0.827. The molecule has 3 heteroatoms. The second-order valence-corrected chi connectivity index (χ2v) is 4.30. The molecule has 1 heterocycles. The normalized spacial score (nSPS) is 20.5. The van der Waals surface area contributed by atoms with E-state index in [4.69, 9.17) is 9.47 Å². The van der Waals surface area contributed by atoms with Gasteiger partial charge in [0.05, 0.1) is 13.2 Å². The predicted octanol–water partition coefficient (Wildman–Crippen LogP) is 3.09. The van der Waals surface area contributed by atoms with E-state index in [1.165, 1.54) is 11.1 Å². The van der Waals surface area contributed by atoms with Crippen molar-refractivity contribution < 1.29 is 9.47 Å². The molecule has 82 valence electrons. The Morgan fingerprint density at radius 2 is 2.40 bits per heavy atom. The molecule has 0 aromatic heterocycles. The average molecular weight is 271 g/mol. The van der Waals surface area contributed by atoms with Gasteiger partial charge in [-0.2, -0.15) is 0 Å². The van der Waals surface area contributed by atoms with Crippen LogP contribution in [-0.4, -0.2) is 19.0 Å². The molecule has 0 N–H and O–H groups in total. The molecule has 15 heavy (non-hydrogen) atoms. The lowest BCUT2D eigenvalue weighted by atomic mass is 9.99. The van der Waals surface area contributed by atoms with Crippen molar-refractivity contribution in [1.29, 1.82) is 0 Å². The zero-order valence-electron chi connectivity index (χ0n) is 8.83. The zero-order chi connectivity index (χ0) is 10.7. The van der Waals surface area contributed by atoms with Gasteiger partial charge in [-0.05, 0) is 24.5 Å². The molecule has 2 nitrogen and oxygen atoms in total. The fourth-order valence-electron chi connectivity index (χ4n) is 2.04. The van der Waals surface area contributed by atoms with Crippen molar-refractivity contribution in [3.63, 3.8) is 0 Å². The van der Waals surface area contributed by atoms with Crippen LogP contribution in [0.1, 0.15) is 23.7 Å². The van der Waals surface area contributed by atoms with Crippen LogP contribution in [0.4, 0.5) is 0 Å². The molecule has 0 amide bonds. The number of alkyl halides is 1. The molecule has 2 rings (SSSR count). The van der Waals surface area contributed by atoms with Gasteiger partial charge in [0.1, 0.15) is 5.75 Å². The largest absolute Gasteiger partial charge is 0.496 e. The van der Waals surface area contributed by atoms with Crippen LogP contribution in [0.25, 0.3) is 0 Å². The summed E-state index contributed by atoms with van der Waals surface area (Å²) in [5, 5.41) is 0.820. The fraction of sp³-hybridized carbons (Fsp3) is 0.500. The summed E-state index contributed by atoms with van der Waals surface area (Å²) in [4.78, 5) is 0. The van der Waals surface area contributed by atoms with Gasteiger partial charge in [-0.25, -0.2) is 0 Å². The summed E-state index contributed by atoms with van der Waals surface area (Å²) in [6.07, 6.45) is 2.29. The number of fused-ring (bicyclic) bond motifs is 1. The lowest BCUT2D eigenvalue weighted by molar-refractivity contribution is 0.0723. The third kappa shape index (κ3) is 2.18. The van der Waals surface area contributed by atoms with Crippen LogP contribution in [-0.2, 0) is 11.2 Å². The molecule has 0 bridgehead atoms. The number of benzene rings is 1. The van der Waals surface area contributed by atoms with Gasteiger partial charge in [-0.1, -0.05) is 28.1 Å². The van der Waals surface area contributed by atoms with Crippen LogP contribution >= 0.6 is 15.9 Å². The summed E-state index contributed by atoms with van der Waals surface area (Å²) in [6, 6.07) is 6.22. The van der Waals surface area contributed by atoms with E-state index in [2.05, 4.69) is 22.0 Å². The first-order chi connectivity index (χ1) is 7.36. The maximum Gasteiger partial charge on any atom is 0.124 e. The minimum absolute atomic E-state index is 0.124. The van der Waals surface area contributed by atoms with E-state index < -0.39 is 0 Å². The minimum Gasteiger partial charge on any atom is -0.496 e. The van der Waals surface area contributed by atoms with Crippen LogP contribution in [0.5, 0.6) is 5.75 Å². The highest BCUT2D eigenvalue weighted by Crippen LogP contribution is 2.34. The predicted molar refractivity (Wildman–Crippen MR) is 63.8 cm³/mol. The number of aryl methyl sites for hydroxylation is 1. The second kappa shape index (κ2) is 4.99. The smallest absolute Gasteiger partial charge is 0.124 e. The maximum absolute atomic E-state index is 5.79. The van der Waals surface area contributed by atoms with Gasteiger partial charge < -0.3 is 9.47 Å². The standard InChI is InChI=1S/C12H15BrO2/c1-14-10-6-2-4-9-5-3-7-15-11(8-13)12(9)10/h2,4,6,11H,3,5,7-8H2,1H3. The van der Waals surface area contributed by atoms with E-state index in [1.54, 1.807) is 7.11 Å². The third-order valence-corrected chi connectivity index (χ3v) is 3.34. The molecule has 0 radical (unpaired) electrons. The first kappa shape index (κ1) is 11.0. The van der Waals surface area contributed by atoms with Gasteiger partial charge in [-0.15, -0.1) is 0 Å². The zero-order valence-corrected chi connectivity index (χ0v) is 10.4. The van der Waals surface area contributed by atoms with Gasteiger partial charge in [0.2, 0.25) is 0 Å². The van der Waals surface area contributed by atoms with Gasteiger partial charge in [0.25, 0.3) is 0 Å². The van der Waals surface area contributed by atoms with E-state index in [9.17, 15) is 0 Å². The number of ether oxygens (including phenoxy) is 2. The van der Waals surface area contributed by atoms with Gasteiger partial charge in [0.15, 0.2) is 0 Å². The summed E-state index contributed by atoms with van der Waals surface area (Å²) in [7, 11) is 1.71. The summed E-state index contributed by atoms with van der Waals surface area (Å²) in [5.74, 6) is 0.943. The first-order valence-electron chi connectivity index (χ1n) is 5.20. The van der Waals surface area contributed by atoms with Crippen molar-refractivity contribution in [2.24, 2.45) is 0 Å². The molecule has 1 unspecified atom stereocenters. The van der Waals surface area contributed by atoms with Gasteiger partial charge in [0, 0.05) is 17.5 Å². The SMILES string of the molecule is COc1cccc2c1C(CBr)OCCC2. The molecule has 1 aromatic rings. The molecule has 0 saturated heterocycles. The molecular weight excluding hydrogens is 256 g/mol. The molecular formula is C12H15BrO2. The van der Waals surface area contributed by atoms with Crippen LogP contribution < -0.4 is 4.74 Å². The Bertz CT molecular complexity index is 338. The first-order valence-corrected chi connectivity index (χ1v) is 6.32. The van der Waals surface area contributed by atoms with Crippen LogP contribution in [0.3, 0.4) is 0 Å². The number of methoxy groups -OCH3 is 1. The van der Waals surface area contributed by atoms with Gasteiger partial charge >= 0.3 is 0 Å². The Labute approximate surface area is 98.7 Å². The van der Waals surface area contributed by atoms with Crippen molar-refractivity contribution in [3.05, 3.63) is 29.3 Å². The molecule has 1 aliphatic rings. The Kier molecular flexibility index (Phi) is 3.65. The second-order valence-electron chi connectivity index (χ2n) is 3.65. The van der Waals surface area contributed by atoms with Crippen molar-refractivity contribution >= 4 is 15.9 Å². The highest BCUT2D eigenvalue weighted by atomic mass is 79.9. The minimum atomic E-state index is 0.124. The molecule has 1 aliphatic heterocycles. The summed E-state index contributed by atoms with van der Waals surface area (Å²) < 4.78 is 11.2. The molecule has 0 fully saturated rings. The van der Waals surface area contributed by atoms with Crippen molar-refractivity contribution in [2.75, 3.05) is 19.0 Å². The molecule has 0 saturated carbocycles. The molecule has 0 spiro atoms. The van der Waals surface area contributed by atoms with Crippen molar-refractivity contribution in [2.45, 2.75) is 18.9 Å². The number of hydrogen-bond acceptors (Lipinski definition) is 2. The Morgan fingerprint density at radius 1 is 1.53 bits per heavy atom. The maximum atomic E-state index is 5.79. The highest BCUT2D eigenvalue weighted by Gasteiger charge is 2.21. The van der Waals surface area contributed by atoms with Gasteiger partial charge in [-0.3, -0.25) is 0 Å². The molecule has 1 atom stereocenters. The van der Waals surface area contributed by atoms with Crippen LogP contribution in [0.2, 0.25) is 0 Å². The quantitative estimate of drug-likeness (QED) is 0.769. The van der Waals surface area contributed by atoms with Crippen molar-refractivity contribution in [1.82, 2.24) is 0 Å².